The molecule has 0 aliphatic heterocycles. The number of benzene rings is 1. The summed E-state index contributed by atoms with van der Waals surface area (Å²) in [6.07, 6.45) is 15.0. The number of rotatable bonds is 13. The van der Waals surface area contributed by atoms with Crippen molar-refractivity contribution < 1.29 is 15.3 Å². The number of phenols is 3. The highest BCUT2D eigenvalue weighted by Gasteiger charge is 2.35. The molecular weight excluding hydrogens is 348 g/mol. The minimum atomic E-state index is -0.367. The predicted molar refractivity (Wildman–Crippen MR) is 117 cm³/mol. The lowest BCUT2D eigenvalue weighted by Gasteiger charge is -2.22. The summed E-state index contributed by atoms with van der Waals surface area (Å²) in [5, 5.41) is 30.3. The van der Waals surface area contributed by atoms with Gasteiger partial charge in [0.1, 0.15) is 0 Å². The summed E-state index contributed by atoms with van der Waals surface area (Å²) in [7, 11) is 0. The van der Waals surface area contributed by atoms with Crippen LogP contribution in [0.1, 0.15) is 109 Å². The molecule has 0 spiro atoms. The van der Waals surface area contributed by atoms with Crippen molar-refractivity contribution in [1.29, 1.82) is 0 Å². The number of unbranched alkanes of at least 4 members (excludes halogenated alkanes) is 4. The predicted octanol–water partition coefficient (Wildman–Crippen LogP) is 7.25. The van der Waals surface area contributed by atoms with E-state index in [1.807, 2.05) is 0 Å². The molecule has 0 heterocycles. The van der Waals surface area contributed by atoms with Crippen LogP contribution >= 0.6 is 0 Å². The Morgan fingerprint density at radius 1 is 0.893 bits per heavy atom. The van der Waals surface area contributed by atoms with E-state index in [1.165, 1.54) is 44.9 Å². The number of aromatic hydroxyl groups is 3. The van der Waals surface area contributed by atoms with Crippen molar-refractivity contribution in [3.05, 3.63) is 17.2 Å². The molecule has 0 unspecified atom stereocenters. The van der Waals surface area contributed by atoms with Crippen LogP contribution in [0.4, 0.5) is 0 Å². The lowest BCUT2D eigenvalue weighted by Crippen LogP contribution is -2.08. The van der Waals surface area contributed by atoms with E-state index < -0.39 is 0 Å². The second-order valence-corrected chi connectivity index (χ2v) is 10.2. The van der Waals surface area contributed by atoms with E-state index in [0.29, 0.717) is 10.8 Å². The average Bonchev–Trinajstić information content (AvgIpc) is 3.38. The summed E-state index contributed by atoms with van der Waals surface area (Å²) in [6, 6.07) is 1.66. The van der Waals surface area contributed by atoms with E-state index in [1.54, 1.807) is 6.07 Å². The number of aryl methyl sites for hydroxylation is 1. The normalized spacial score (nSPS) is 15.7. The SMILES string of the molecule is CCC(C)(C)CCCCCc1cc(O)c(O)c(O)c1CCCCCC1(C)CC1. The molecule has 28 heavy (non-hydrogen) atoms. The minimum Gasteiger partial charge on any atom is -0.504 e. The van der Waals surface area contributed by atoms with Crippen LogP contribution in [-0.2, 0) is 12.8 Å². The molecule has 3 N–H and O–H groups in total. The molecule has 3 nitrogen and oxygen atoms in total. The summed E-state index contributed by atoms with van der Waals surface area (Å²) in [5.74, 6) is -0.685. The summed E-state index contributed by atoms with van der Waals surface area (Å²) < 4.78 is 0. The first-order valence-corrected chi connectivity index (χ1v) is 11.4. The molecule has 3 heteroatoms. The quantitative estimate of drug-likeness (QED) is 0.245. The molecule has 160 valence electrons. The van der Waals surface area contributed by atoms with Gasteiger partial charge in [0.2, 0.25) is 5.75 Å². The Hall–Kier alpha value is -1.38. The Balaban J connectivity index is 1.85. The molecule has 0 amide bonds. The van der Waals surface area contributed by atoms with Crippen LogP contribution in [0.2, 0.25) is 0 Å². The van der Waals surface area contributed by atoms with Gasteiger partial charge in [0.15, 0.2) is 11.5 Å². The molecule has 1 saturated carbocycles. The molecule has 0 bridgehead atoms. The Kier molecular flexibility index (Phi) is 8.09. The molecule has 1 aromatic rings. The second-order valence-electron chi connectivity index (χ2n) is 10.2. The molecule has 0 saturated heterocycles. The van der Waals surface area contributed by atoms with Gasteiger partial charge in [0.25, 0.3) is 0 Å². The standard InChI is InChI=1S/C25H42O3/c1-5-24(2,3)14-10-6-8-12-19-18-21(26)23(28)22(27)20(19)13-9-7-11-15-25(4)16-17-25/h18,26-28H,5-17H2,1-4H3. The van der Waals surface area contributed by atoms with Crippen LogP contribution in [0.15, 0.2) is 6.07 Å². The Morgan fingerprint density at radius 3 is 2.18 bits per heavy atom. The third kappa shape index (κ3) is 6.90. The van der Waals surface area contributed by atoms with Crippen molar-refractivity contribution in [2.24, 2.45) is 10.8 Å². The smallest absolute Gasteiger partial charge is 0.200 e. The fourth-order valence-electron chi connectivity index (χ4n) is 4.01. The van der Waals surface area contributed by atoms with Gasteiger partial charge < -0.3 is 15.3 Å². The fourth-order valence-corrected chi connectivity index (χ4v) is 4.01. The van der Waals surface area contributed by atoms with Crippen molar-refractivity contribution in [1.82, 2.24) is 0 Å². The molecule has 2 rings (SSSR count). The fraction of sp³-hybridized carbons (Fsp3) is 0.760. The number of hydrogen-bond acceptors (Lipinski definition) is 3. The van der Waals surface area contributed by atoms with Gasteiger partial charge in [-0.3, -0.25) is 0 Å². The van der Waals surface area contributed by atoms with Crippen molar-refractivity contribution >= 4 is 0 Å². The molecular formula is C25H42O3. The van der Waals surface area contributed by atoms with Crippen molar-refractivity contribution in [2.45, 2.75) is 111 Å². The van der Waals surface area contributed by atoms with E-state index >= 15 is 0 Å². The zero-order valence-electron chi connectivity index (χ0n) is 18.6. The molecule has 1 aromatic carbocycles. The van der Waals surface area contributed by atoms with Gasteiger partial charge in [0, 0.05) is 5.56 Å². The van der Waals surface area contributed by atoms with Crippen molar-refractivity contribution in [3.8, 4) is 17.2 Å². The van der Waals surface area contributed by atoms with Crippen LogP contribution in [-0.4, -0.2) is 15.3 Å². The largest absolute Gasteiger partial charge is 0.504 e. The van der Waals surface area contributed by atoms with E-state index in [-0.39, 0.29) is 17.2 Å². The first kappa shape index (κ1) is 22.9. The topological polar surface area (TPSA) is 60.7 Å². The monoisotopic (exact) mass is 390 g/mol. The van der Waals surface area contributed by atoms with E-state index in [2.05, 4.69) is 27.7 Å². The third-order valence-electron chi connectivity index (χ3n) is 7.02. The lowest BCUT2D eigenvalue weighted by molar-refractivity contribution is 0.308. The molecule has 1 aliphatic carbocycles. The van der Waals surface area contributed by atoms with E-state index in [9.17, 15) is 15.3 Å². The van der Waals surface area contributed by atoms with Gasteiger partial charge in [0.05, 0.1) is 0 Å². The van der Waals surface area contributed by atoms with Crippen molar-refractivity contribution in [3.63, 3.8) is 0 Å². The molecule has 0 aromatic heterocycles. The zero-order valence-corrected chi connectivity index (χ0v) is 18.6. The first-order chi connectivity index (χ1) is 13.2. The van der Waals surface area contributed by atoms with E-state index in [0.717, 1.165) is 49.7 Å². The van der Waals surface area contributed by atoms with Crippen LogP contribution in [0, 0.1) is 10.8 Å². The van der Waals surface area contributed by atoms with Crippen molar-refractivity contribution in [2.75, 3.05) is 0 Å². The summed E-state index contributed by atoms with van der Waals surface area (Å²) in [4.78, 5) is 0. The van der Waals surface area contributed by atoms with Crippen LogP contribution < -0.4 is 0 Å². The second kappa shape index (κ2) is 9.89. The molecule has 0 atom stereocenters. The van der Waals surface area contributed by atoms with E-state index in [4.69, 9.17) is 0 Å². The highest BCUT2D eigenvalue weighted by atomic mass is 16.3. The lowest BCUT2D eigenvalue weighted by atomic mass is 9.84. The highest BCUT2D eigenvalue weighted by molar-refractivity contribution is 5.57. The van der Waals surface area contributed by atoms with Gasteiger partial charge in [-0.05, 0) is 73.8 Å². The minimum absolute atomic E-state index is 0.115. The van der Waals surface area contributed by atoms with Gasteiger partial charge in [-0.1, -0.05) is 59.8 Å². The summed E-state index contributed by atoms with van der Waals surface area (Å²) in [5.41, 5.74) is 2.85. The first-order valence-electron chi connectivity index (χ1n) is 11.4. The highest BCUT2D eigenvalue weighted by Crippen LogP contribution is 2.49. The summed E-state index contributed by atoms with van der Waals surface area (Å²) >= 11 is 0. The maximum absolute atomic E-state index is 10.4. The maximum atomic E-state index is 10.4. The molecule has 0 radical (unpaired) electrons. The Labute approximate surface area is 172 Å². The summed E-state index contributed by atoms with van der Waals surface area (Å²) in [6.45, 7) is 9.27. The van der Waals surface area contributed by atoms with Crippen LogP contribution in [0.5, 0.6) is 17.2 Å². The third-order valence-corrected chi connectivity index (χ3v) is 7.02. The Morgan fingerprint density at radius 2 is 1.54 bits per heavy atom. The van der Waals surface area contributed by atoms with Gasteiger partial charge in [-0.15, -0.1) is 0 Å². The van der Waals surface area contributed by atoms with Gasteiger partial charge in [-0.2, -0.15) is 0 Å². The zero-order chi connectivity index (χ0) is 20.8. The Bertz CT molecular complexity index is 629. The van der Waals surface area contributed by atoms with Crippen LogP contribution in [0.3, 0.4) is 0 Å². The number of phenolic OH excluding ortho intramolecular Hbond substituents is 3. The van der Waals surface area contributed by atoms with Gasteiger partial charge >= 0.3 is 0 Å². The van der Waals surface area contributed by atoms with Gasteiger partial charge in [-0.25, -0.2) is 0 Å². The molecule has 1 fully saturated rings. The van der Waals surface area contributed by atoms with Crippen LogP contribution in [0.25, 0.3) is 0 Å². The molecule has 1 aliphatic rings. The maximum Gasteiger partial charge on any atom is 0.200 e. The average molecular weight is 391 g/mol. The number of hydrogen-bond donors (Lipinski definition) is 3.